The molecule has 6 bridgehead atoms. The van der Waals surface area contributed by atoms with Crippen molar-refractivity contribution < 1.29 is 38.1 Å². The first-order chi connectivity index (χ1) is 24.6. The van der Waals surface area contributed by atoms with Gasteiger partial charge in [-0.3, -0.25) is 4.90 Å². The fourth-order valence-electron chi connectivity index (χ4n) is 8.53. The first-order valence-electron chi connectivity index (χ1n) is 17.9. The van der Waals surface area contributed by atoms with E-state index in [9.17, 15) is 9.90 Å². The van der Waals surface area contributed by atoms with E-state index in [0.717, 1.165) is 53.0 Å². The van der Waals surface area contributed by atoms with Gasteiger partial charge in [0, 0.05) is 49.0 Å². The number of methoxy groups -OCH3 is 3. The zero-order valence-corrected chi connectivity index (χ0v) is 30.5. The molecule has 4 aromatic carbocycles. The number of hydrogen-bond acceptors (Lipinski definition) is 8. The zero-order valence-electron chi connectivity index (χ0n) is 30.5. The van der Waals surface area contributed by atoms with Crippen molar-refractivity contribution in [1.29, 1.82) is 0 Å². The van der Waals surface area contributed by atoms with Gasteiger partial charge < -0.3 is 38.1 Å². The lowest BCUT2D eigenvalue weighted by atomic mass is 9.84. The van der Waals surface area contributed by atoms with Gasteiger partial charge in [0.05, 0.1) is 40.9 Å². The molecule has 0 N–H and O–H groups in total. The van der Waals surface area contributed by atoms with E-state index in [1.807, 2.05) is 31.2 Å². The number of quaternary nitrogens is 1. The highest BCUT2D eigenvalue weighted by Crippen LogP contribution is 2.48. The summed E-state index contributed by atoms with van der Waals surface area (Å²) in [7, 11) is 9.24. The topological polar surface area (TPSA) is 89.5 Å². The molecule has 4 atom stereocenters. The molecular formula is C42H48N2O7. The Hall–Kier alpha value is -4.73. The summed E-state index contributed by atoms with van der Waals surface area (Å²) in [4.78, 5) is 15.2. The normalized spacial score (nSPS) is 21.6. The molecule has 0 aliphatic carbocycles. The SMILES string of the molecule is CCCC(C(=O)[O-])[N+]1(C)CCc2cc(OC)c3cc2C1Cc1ccc(cc1)Oc1cc(ccc1OC)CC1c2c(cc(OC)cc2O3)CCN1C. The third-order valence-corrected chi connectivity index (χ3v) is 11.4. The summed E-state index contributed by atoms with van der Waals surface area (Å²) < 4.78 is 31.3. The van der Waals surface area contributed by atoms with Crippen LogP contribution in [0.2, 0.25) is 0 Å². The molecule has 8 rings (SSSR count). The average Bonchev–Trinajstić information content (AvgIpc) is 3.13. The first kappa shape index (κ1) is 34.7. The summed E-state index contributed by atoms with van der Waals surface area (Å²) in [6.07, 6.45) is 4.17. The van der Waals surface area contributed by atoms with Gasteiger partial charge in [0.1, 0.15) is 29.3 Å². The standard InChI is InChI=1S/C42H48N2O7/c1-7-8-34(42(45)46)44(3)18-16-28-23-37(49-6)39-25-32(28)35(44)20-26-9-12-30(13-10-26)50-38-21-27(11-14-36(38)48-5)19-33-41-29(15-17-43(33)2)22-31(47-4)24-40(41)51-39/h9-14,21-25,33-35H,7-8,15-20H2,1-6H3. The maximum absolute atomic E-state index is 12.8. The van der Waals surface area contributed by atoms with E-state index < -0.39 is 12.0 Å². The highest BCUT2D eigenvalue weighted by molar-refractivity contribution is 5.70. The summed E-state index contributed by atoms with van der Waals surface area (Å²) in [5, 5.41) is 12.8. The lowest BCUT2D eigenvalue weighted by Crippen LogP contribution is -2.63. The van der Waals surface area contributed by atoms with Gasteiger partial charge in [-0.2, -0.15) is 0 Å². The molecule has 4 aliphatic rings. The number of rotatable bonds is 7. The van der Waals surface area contributed by atoms with Crippen molar-refractivity contribution in [3.8, 4) is 40.2 Å². The summed E-state index contributed by atoms with van der Waals surface area (Å²) in [6, 6.07) is 21.7. The quantitative estimate of drug-likeness (QED) is 0.201. The van der Waals surface area contributed by atoms with Crippen molar-refractivity contribution in [2.45, 2.75) is 63.6 Å². The van der Waals surface area contributed by atoms with Crippen LogP contribution < -0.4 is 28.8 Å². The molecule has 0 aromatic heterocycles. The molecular weight excluding hydrogens is 644 g/mol. The number of aliphatic carboxylic acids is 1. The monoisotopic (exact) mass is 692 g/mol. The Bertz CT molecular complexity index is 1930. The van der Waals surface area contributed by atoms with Crippen molar-refractivity contribution in [1.82, 2.24) is 4.90 Å². The fourth-order valence-corrected chi connectivity index (χ4v) is 8.53. The lowest BCUT2D eigenvalue weighted by molar-refractivity contribution is -0.958. The van der Waals surface area contributed by atoms with Gasteiger partial charge >= 0.3 is 0 Å². The second kappa shape index (κ2) is 14.1. The third-order valence-electron chi connectivity index (χ3n) is 11.4. The Morgan fingerprint density at radius 2 is 1.61 bits per heavy atom. The van der Waals surface area contributed by atoms with Crippen LogP contribution in [0.5, 0.6) is 40.2 Å². The maximum Gasteiger partial charge on any atom is 0.169 e. The molecule has 0 fully saturated rings. The van der Waals surface area contributed by atoms with Gasteiger partial charge in [-0.15, -0.1) is 0 Å². The molecule has 0 saturated heterocycles. The molecule has 4 aliphatic heterocycles. The summed E-state index contributed by atoms with van der Waals surface area (Å²) in [5.41, 5.74) is 6.67. The summed E-state index contributed by atoms with van der Waals surface area (Å²) >= 11 is 0. The molecule has 0 saturated carbocycles. The highest BCUT2D eigenvalue weighted by Gasteiger charge is 2.45. The van der Waals surface area contributed by atoms with Gasteiger partial charge in [0.15, 0.2) is 23.0 Å². The molecule has 268 valence electrons. The largest absolute Gasteiger partial charge is 0.544 e. The zero-order chi connectivity index (χ0) is 35.9. The number of carbonyl (C=O) groups is 1. The average molecular weight is 693 g/mol. The smallest absolute Gasteiger partial charge is 0.169 e. The number of carboxylic acid groups (broad SMARTS) is 1. The van der Waals surface area contributed by atoms with Crippen molar-refractivity contribution in [2.24, 2.45) is 0 Å². The molecule has 0 spiro atoms. The number of ether oxygens (including phenoxy) is 5. The van der Waals surface area contributed by atoms with Crippen LogP contribution in [0.4, 0.5) is 0 Å². The molecule has 4 unspecified atom stereocenters. The van der Waals surface area contributed by atoms with E-state index in [4.69, 9.17) is 23.7 Å². The summed E-state index contributed by atoms with van der Waals surface area (Å²) in [5.74, 6) is 3.66. The predicted molar refractivity (Wildman–Crippen MR) is 193 cm³/mol. The minimum atomic E-state index is -1.01. The van der Waals surface area contributed by atoms with E-state index in [-0.39, 0.29) is 12.1 Å². The summed E-state index contributed by atoms with van der Waals surface area (Å²) in [6.45, 7) is 3.58. The van der Waals surface area contributed by atoms with Crippen LogP contribution in [0, 0.1) is 0 Å². The van der Waals surface area contributed by atoms with E-state index in [1.54, 1.807) is 21.3 Å². The van der Waals surface area contributed by atoms with Crippen molar-refractivity contribution >= 4 is 5.97 Å². The van der Waals surface area contributed by atoms with E-state index in [0.29, 0.717) is 71.2 Å². The van der Waals surface area contributed by atoms with E-state index in [2.05, 4.69) is 61.5 Å². The Morgan fingerprint density at radius 1 is 0.863 bits per heavy atom. The van der Waals surface area contributed by atoms with Crippen LogP contribution in [0.25, 0.3) is 0 Å². The maximum atomic E-state index is 12.8. The van der Waals surface area contributed by atoms with Crippen LogP contribution in [0.1, 0.15) is 65.2 Å². The van der Waals surface area contributed by atoms with Gasteiger partial charge in [0.25, 0.3) is 0 Å². The molecule has 51 heavy (non-hydrogen) atoms. The minimum Gasteiger partial charge on any atom is -0.544 e. The number of fused-ring (bicyclic) bond motifs is 2. The van der Waals surface area contributed by atoms with Crippen molar-refractivity contribution in [2.75, 3.05) is 48.5 Å². The van der Waals surface area contributed by atoms with Crippen LogP contribution >= 0.6 is 0 Å². The predicted octanol–water partition coefficient (Wildman–Crippen LogP) is 6.59. The van der Waals surface area contributed by atoms with Crippen LogP contribution in [-0.4, -0.2) is 69.9 Å². The van der Waals surface area contributed by atoms with Crippen LogP contribution in [-0.2, 0) is 30.5 Å². The second-order valence-corrected chi connectivity index (χ2v) is 14.3. The highest BCUT2D eigenvalue weighted by atomic mass is 16.5. The second-order valence-electron chi connectivity index (χ2n) is 14.3. The number of nitrogens with zero attached hydrogens (tertiary/aromatic N) is 2. The Labute approximate surface area is 300 Å². The number of hydrogen-bond donors (Lipinski definition) is 0. The number of likely N-dealkylation sites (N-methyl/N-ethyl adjacent to an activating group) is 2. The Kier molecular flexibility index (Phi) is 9.61. The first-order valence-corrected chi connectivity index (χ1v) is 17.9. The van der Waals surface area contributed by atoms with Gasteiger partial charge in [-0.05, 0) is 84.6 Å². The van der Waals surface area contributed by atoms with Crippen molar-refractivity contribution in [3.63, 3.8) is 0 Å². The minimum absolute atomic E-state index is 0.00302. The number of benzene rings is 4. The van der Waals surface area contributed by atoms with E-state index in [1.165, 1.54) is 5.56 Å². The Balaban J connectivity index is 1.46. The van der Waals surface area contributed by atoms with Crippen LogP contribution in [0.3, 0.4) is 0 Å². The molecule has 0 amide bonds. The molecule has 9 heteroatoms. The molecule has 9 nitrogen and oxygen atoms in total. The third kappa shape index (κ3) is 6.49. The van der Waals surface area contributed by atoms with Gasteiger partial charge in [-0.25, -0.2) is 0 Å². The van der Waals surface area contributed by atoms with Gasteiger partial charge in [0.2, 0.25) is 0 Å². The molecule has 0 radical (unpaired) electrons. The number of carbonyl (C=O) groups excluding carboxylic acids is 1. The number of carboxylic acids is 1. The Morgan fingerprint density at radius 3 is 2.31 bits per heavy atom. The molecule has 4 heterocycles. The van der Waals surface area contributed by atoms with Crippen molar-refractivity contribution in [3.05, 3.63) is 100 Å². The van der Waals surface area contributed by atoms with Crippen LogP contribution in [0.15, 0.2) is 66.7 Å². The van der Waals surface area contributed by atoms with E-state index >= 15 is 0 Å². The fraction of sp³-hybridized carbons (Fsp3) is 0.405. The van der Waals surface area contributed by atoms with Gasteiger partial charge in [-0.1, -0.05) is 31.5 Å². The molecule has 4 aromatic rings. The lowest BCUT2D eigenvalue weighted by Gasteiger charge is -2.51.